The zero-order valence-electron chi connectivity index (χ0n) is 45.2. The number of carbonyl (C=O) groups is 5. The van der Waals surface area contributed by atoms with E-state index in [0.29, 0.717) is 82.8 Å². The van der Waals surface area contributed by atoms with Crippen LogP contribution in [0.15, 0.2) is 47.6 Å². The molecule has 0 aromatic heterocycles. The van der Waals surface area contributed by atoms with Crippen LogP contribution >= 0.6 is 7.60 Å². The standard InChI is InChI=1S/C55H88NO15P/c1-13-27-68-72(12,64)71-45-25-23-41(31-48(45)66-10)30-37(5)47-33-44(57)36(4)29-39(7)50(59)51(67-11)49(58)38(6)28-34(2)19-15-14-16-20-35(3)46(65-9)32-42-24-22-40(8)55(63,70-42)52(60)53(61)56-26-18-17-21-43(56)54(62)69-47/h14-16,19-20,29,34,36-38,40-43,45-48,50-51,59,63H,13,17-18,21-28,30-33H2,1-12H3/b16-14+,19-15+,35-20+,39-29+/t34-,36-,37-,38-,40-,41+,42+,43?,45-,46+,47+,48-,50-,51+,55-,72?/m1/s1. The van der Waals surface area contributed by atoms with Gasteiger partial charge in [-0.1, -0.05) is 78.0 Å². The first-order valence-electron chi connectivity index (χ1n) is 26.4. The number of aliphatic hydroxyl groups excluding tert-OH is 1. The number of hydrogen-bond acceptors (Lipinski definition) is 15. The highest BCUT2D eigenvalue weighted by Crippen LogP contribution is 2.49. The van der Waals surface area contributed by atoms with Crippen LogP contribution < -0.4 is 0 Å². The number of fused-ring (bicyclic) bond motifs is 3. The van der Waals surface area contributed by atoms with Crippen molar-refractivity contribution in [1.82, 2.24) is 4.90 Å². The van der Waals surface area contributed by atoms with Gasteiger partial charge in [0.15, 0.2) is 5.78 Å². The molecule has 4 aliphatic rings. The van der Waals surface area contributed by atoms with Crippen LogP contribution in [0.5, 0.6) is 0 Å². The van der Waals surface area contributed by atoms with Crippen LogP contribution in [-0.2, 0) is 61.3 Å². The van der Waals surface area contributed by atoms with E-state index < -0.39 is 103 Å². The highest BCUT2D eigenvalue weighted by atomic mass is 31.2. The van der Waals surface area contributed by atoms with Gasteiger partial charge in [0.25, 0.3) is 11.7 Å². The first-order chi connectivity index (χ1) is 34.0. The normalized spacial score (nSPS) is 38.6. The molecule has 1 aliphatic carbocycles. The van der Waals surface area contributed by atoms with Gasteiger partial charge in [-0.15, -0.1) is 0 Å². The van der Waals surface area contributed by atoms with E-state index in [2.05, 4.69) is 0 Å². The monoisotopic (exact) mass is 1030 g/mol. The van der Waals surface area contributed by atoms with Crippen molar-refractivity contribution < 1.29 is 71.5 Å². The van der Waals surface area contributed by atoms with Gasteiger partial charge in [0.2, 0.25) is 5.79 Å². The molecule has 1 saturated carbocycles. The van der Waals surface area contributed by atoms with Crippen LogP contribution in [-0.4, -0.2) is 140 Å². The SMILES string of the molecule is CCCOP(C)(=O)O[C@@H]1CC[C@@H](C[C@@H](C)[C@@H]2CC(=O)[C@H](C)/C=C(\C)[C@@H](O)[C@@H](OC)C(=O)[C@H](C)C[C@H](C)/C=C/C=C/C=C(\C)[C@@H](OC)C[C@@H]3CC[C@@H](C)[C@@](O)(O3)C(=O)C(=O)N3CCCCC3C(=O)O2)C[C@H]1OC. The predicted octanol–water partition coefficient (Wildman–Crippen LogP) is 8.45. The third-order valence-corrected chi connectivity index (χ3v) is 16.6. The van der Waals surface area contributed by atoms with Crippen molar-refractivity contribution in [2.45, 2.75) is 193 Å². The number of ketones is 3. The minimum Gasteiger partial charge on any atom is -0.460 e. The van der Waals surface area contributed by atoms with E-state index in [9.17, 15) is 38.8 Å². The highest BCUT2D eigenvalue weighted by molar-refractivity contribution is 7.53. The van der Waals surface area contributed by atoms with Gasteiger partial charge in [0.1, 0.15) is 30.1 Å². The third-order valence-electron chi connectivity index (χ3n) is 15.3. The summed E-state index contributed by atoms with van der Waals surface area (Å²) in [6.07, 6.45) is 11.5. The number of rotatable bonds is 11. The molecule has 16 nitrogen and oxygen atoms in total. The number of piperidine rings is 1. The van der Waals surface area contributed by atoms with Gasteiger partial charge in [-0.05, 0) is 113 Å². The summed E-state index contributed by atoms with van der Waals surface area (Å²) >= 11 is 0. The van der Waals surface area contributed by atoms with Gasteiger partial charge in [0.05, 0.1) is 31.0 Å². The van der Waals surface area contributed by atoms with Crippen LogP contribution in [0.1, 0.15) is 139 Å². The Morgan fingerprint density at radius 3 is 2.26 bits per heavy atom. The molecule has 3 aliphatic heterocycles. The zero-order valence-corrected chi connectivity index (χ0v) is 46.1. The van der Waals surface area contributed by atoms with Crippen LogP contribution in [0, 0.1) is 35.5 Å². The quantitative estimate of drug-likeness (QED) is 0.0861. The number of methoxy groups -OCH3 is 3. The fourth-order valence-electron chi connectivity index (χ4n) is 10.8. The van der Waals surface area contributed by atoms with Crippen molar-refractivity contribution in [3.63, 3.8) is 0 Å². The topological polar surface area (TPSA) is 211 Å². The summed E-state index contributed by atoms with van der Waals surface area (Å²) in [7, 11) is 1.20. The van der Waals surface area contributed by atoms with Gasteiger partial charge in [-0.2, -0.15) is 0 Å². The maximum atomic E-state index is 14.5. The maximum absolute atomic E-state index is 14.5. The van der Waals surface area contributed by atoms with E-state index in [4.69, 9.17) is 32.7 Å². The molecule has 2 unspecified atom stereocenters. The fraction of sp³-hybridized carbons (Fsp3) is 0.764. The first-order valence-corrected chi connectivity index (χ1v) is 28.4. The number of nitrogens with zero attached hydrogens (tertiary/aromatic N) is 1. The van der Waals surface area contributed by atoms with Gasteiger partial charge >= 0.3 is 13.6 Å². The smallest absolute Gasteiger partial charge is 0.329 e. The Labute approximate surface area is 429 Å². The lowest BCUT2D eigenvalue weighted by Crippen LogP contribution is -2.61. The van der Waals surface area contributed by atoms with Crippen molar-refractivity contribution in [3.8, 4) is 0 Å². The summed E-state index contributed by atoms with van der Waals surface area (Å²) in [5.74, 6) is -8.26. The lowest BCUT2D eigenvalue weighted by molar-refractivity contribution is -0.265. The van der Waals surface area contributed by atoms with Crippen LogP contribution in [0.4, 0.5) is 0 Å². The van der Waals surface area contributed by atoms with E-state index in [1.807, 2.05) is 65.0 Å². The van der Waals surface area contributed by atoms with Crippen molar-refractivity contribution in [3.05, 3.63) is 47.6 Å². The molecule has 0 spiro atoms. The minimum absolute atomic E-state index is 0.00646. The Hall–Kier alpha value is -3.18. The summed E-state index contributed by atoms with van der Waals surface area (Å²) in [6, 6.07) is -1.17. The second-order valence-corrected chi connectivity index (χ2v) is 23.3. The summed E-state index contributed by atoms with van der Waals surface area (Å²) in [5.41, 5.74) is 1.25. The van der Waals surface area contributed by atoms with Gasteiger partial charge in [-0.25, -0.2) is 4.79 Å². The van der Waals surface area contributed by atoms with Gasteiger partial charge in [-0.3, -0.25) is 23.7 Å². The summed E-state index contributed by atoms with van der Waals surface area (Å²) < 4.78 is 54.4. The van der Waals surface area contributed by atoms with E-state index in [0.717, 1.165) is 5.57 Å². The molecular weight excluding hydrogens is 946 g/mol. The summed E-state index contributed by atoms with van der Waals surface area (Å²) in [5, 5.41) is 23.5. The first kappa shape index (κ1) is 61.4. The number of cyclic esters (lactones) is 1. The van der Waals surface area contributed by atoms with Crippen molar-refractivity contribution in [2.24, 2.45) is 35.5 Å². The Kier molecular flexibility index (Phi) is 24.4. The largest absolute Gasteiger partial charge is 0.460 e. The van der Waals surface area contributed by atoms with Crippen LogP contribution in [0.25, 0.3) is 0 Å². The molecule has 2 bridgehead atoms. The molecule has 72 heavy (non-hydrogen) atoms. The number of aliphatic hydroxyl groups is 2. The Bertz CT molecular complexity index is 2000. The molecule has 17 heteroatoms. The molecule has 408 valence electrons. The Morgan fingerprint density at radius 2 is 1.60 bits per heavy atom. The molecule has 2 saturated heterocycles. The van der Waals surface area contributed by atoms with Crippen molar-refractivity contribution >= 4 is 36.8 Å². The minimum atomic E-state index is -3.33. The molecule has 4 rings (SSSR count). The van der Waals surface area contributed by atoms with E-state index in [-0.39, 0.29) is 42.8 Å². The molecule has 3 heterocycles. The lowest BCUT2D eigenvalue weighted by atomic mass is 9.78. The molecular formula is C55H88NO15P. The number of hydrogen-bond donors (Lipinski definition) is 2. The van der Waals surface area contributed by atoms with E-state index in [1.165, 1.54) is 18.7 Å². The predicted molar refractivity (Wildman–Crippen MR) is 274 cm³/mol. The third kappa shape index (κ3) is 16.9. The summed E-state index contributed by atoms with van der Waals surface area (Å²) in [6.45, 7) is 16.4. The number of carbonyl (C=O) groups excluding carboxylic acids is 5. The molecule has 0 aromatic carbocycles. The van der Waals surface area contributed by atoms with Crippen LogP contribution in [0.3, 0.4) is 0 Å². The maximum Gasteiger partial charge on any atom is 0.329 e. The second-order valence-electron chi connectivity index (χ2n) is 21.3. The van der Waals surface area contributed by atoms with Crippen molar-refractivity contribution in [2.75, 3.05) is 41.1 Å². The lowest BCUT2D eigenvalue weighted by Gasteiger charge is -2.42. The average molecular weight is 1030 g/mol. The number of allylic oxidation sites excluding steroid dienone is 6. The Morgan fingerprint density at radius 1 is 0.875 bits per heavy atom. The van der Waals surface area contributed by atoms with E-state index >= 15 is 0 Å². The highest BCUT2D eigenvalue weighted by Gasteiger charge is 2.53. The van der Waals surface area contributed by atoms with E-state index in [1.54, 1.807) is 41.1 Å². The molecule has 3 fully saturated rings. The number of ether oxygens (including phenoxy) is 5. The number of amides is 1. The number of esters is 1. The Balaban J connectivity index is 1.69. The molecule has 16 atom stereocenters. The average Bonchev–Trinajstić information content (AvgIpc) is 3.35. The zero-order chi connectivity index (χ0) is 53.5. The van der Waals surface area contributed by atoms with Crippen molar-refractivity contribution in [1.29, 1.82) is 0 Å². The molecule has 1 amide bonds. The molecule has 0 aromatic rings. The second kappa shape index (κ2) is 28.6. The van der Waals surface area contributed by atoms with Gasteiger partial charge < -0.3 is 47.8 Å². The summed E-state index contributed by atoms with van der Waals surface area (Å²) in [4.78, 5) is 72.5. The molecule has 2 N–H and O–H groups in total. The molecule has 0 radical (unpaired) electrons. The van der Waals surface area contributed by atoms with Gasteiger partial charge in [0, 0.05) is 65.1 Å². The number of Topliss-reactive ketones (excluding diaryl/α,β-unsaturated/α-hetero) is 3. The van der Waals surface area contributed by atoms with Crippen LogP contribution in [0.2, 0.25) is 0 Å². The fourth-order valence-corrected chi connectivity index (χ4v) is 12.1.